The minimum atomic E-state index is -0.468. The molecule has 1 amide bonds. The maximum absolute atomic E-state index is 11.9. The Kier molecular flexibility index (Phi) is 6.66. The van der Waals surface area contributed by atoms with Gasteiger partial charge in [0, 0.05) is 0 Å². The zero-order valence-electron chi connectivity index (χ0n) is 12.9. The zero-order valence-corrected chi connectivity index (χ0v) is 12.9. The normalized spacial score (nSPS) is 11.8. The minimum absolute atomic E-state index is 0.0505. The molecule has 1 unspecified atom stereocenters. The van der Waals surface area contributed by atoms with Gasteiger partial charge in [0.15, 0.2) is 12.4 Å². The molecule has 0 aliphatic heterocycles. The first-order valence-corrected chi connectivity index (χ1v) is 7.07. The van der Waals surface area contributed by atoms with E-state index in [2.05, 4.69) is 11.9 Å². The van der Waals surface area contributed by atoms with E-state index in [0.29, 0.717) is 12.2 Å². The van der Waals surface area contributed by atoms with Crippen molar-refractivity contribution < 1.29 is 14.3 Å². The summed E-state index contributed by atoms with van der Waals surface area (Å²) in [5, 5.41) is 2.70. The molecule has 1 atom stereocenters. The van der Waals surface area contributed by atoms with E-state index in [4.69, 9.17) is 4.74 Å². The van der Waals surface area contributed by atoms with Gasteiger partial charge in [0.25, 0.3) is 5.91 Å². The van der Waals surface area contributed by atoms with Gasteiger partial charge in [-0.2, -0.15) is 0 Å². The van der Waals surface area contributed by atoms with Crippen LogP contribution in [-0.4, -0.2) is 24.3 Å². The number of carbonyl (C=O) groups is 2. The number of benzene rings is 1. The summed E-state index contributed by atoms with van der Waals surface area (Å²) < 4.78 is 5.54. The van der Waals surface area contributed by atoms with Crippen LogP contribution in [0.25, 0.3) is 0 Å². The molecule has 1 N–H and O–H groups in total. The molecule has 1 rings (SSSR count). The molecule has 0 aliphatic rings. The predicted octanol–water partition coefficient (Wildman–Crippen LogP) is 2.52. The summed E-state index contributed by atoms with van der Waals surface area (Å²) in [6.45, 7) is 8.86. The summed E-state index contributed by atoms with van der Waals surface area (Å²) in [5.74, 6) is 0.374. The van der Waals surface area contributed by atoms with E-state index in [0.717, 1.165) is 5.56 Å². The molecule has 0 radical (unpaired) electrons. The van der Waals surface area contributed by atoms with Crippen LogP contribution in [-0.2, 0) is 16.0 Å². The molecule has 0 saturated heterocycles. The average molecular weight is 289 g/mol. The molecular formula is C17H23NO3. The molecule has 4 nitrogen and oxygen atoms in total. The SMILES string of the molecule is C=CCc1ccccc1OCC(=O)NC(C(C)=O)C(C)C. The molecule has 1 aromatic rings. The van der Waals surface area contributed by atoms with Gasteiger partial charge in [-0.15, -0.1) is 6.58 Å². The Morgan fingerprint density at radius 1 is 1.33 bits per heavy atom. The van der Waals surface area contributed by atoms with Crippen LogP contribution in [0.15, 0.2) is 36.9 Å². The topological polar surface area (TPSA) is 55.4 Å². The molecule has 114 valence electrons. The van der Waals surface area contributed by atoms with E-state index in [9.17, 15) is 9.59 Å². The zero-order chi connectivity index (χ0) is 15.8. The third-order valence-electron chi connectivity index (χ3n) is 3.12. The molecule has 21 heavy (non-hydrogen) atoms. The van der Waals surface area contributed by atoms with E-state index in [1.807, 2.05) is 38.1 Å². The number of hydrogen-bond donors (Lipinski definition) is 1. The van der Waals surface area contributed by atoms with Gasteiger partial charge in [-0.3, -0.25) is 9.59 Å². The van der Waals surface area contributed by atoms with Crippen LogP contribution in [0.2, 0.25) is 0 Å². The van der Waals surface area contributed by atoms with E-state index in [-0.39, 0.29) is 24.2 Å². The van der Waals surface area contributed by atoms with Gasteiger partial charge in [-0.25, -0.2) is 0 Å². The van der Waals surface area contributed by atoms with Gasteiger partial charge in [0.2, 0.25) is 0 Å². The lowest BCUT2D eigenvalue weighted by atomic mass is 10.0. The number of carbonyl (C=O) groups excluding carboxylic acids is 2. The second kappa shape index (κ2) is 8.25. The van der Waals surface area contributed by atoms with E-state index >= 15 is 0 Å². The lowest BCUT2D eigenvalue weighted by Crippen LogP contribution is -2.45. The molecule has 0 saturated carbocycles. The summed E-state index contributed by atoms with van der Waals surface area (Å²) in [5.41, 5.74) is 0.979. The molecule has 1 aromatic carbocycles. The lowest BCUT2D eigenvalue weighted by molar-refractivity contribution is -0.129. The van der Waals surface area contributed by atoms with E-state index in [1.165, 1.54) is 6.92 Å². The minimum Gasteiger partial charge on any atom is -0.483 e. The Labute approximate surface area is 126 Å². The number of para-hydroxylation sites is 1. The fraction of sp³-hybridized carbons (Fsp3) is 0.412. The number of rotatable bonds is 8. The molecule has 0 fully saturated rings. The number of amides is 1. The highest BCUT2D eigenvalue weighted by molar-refractivity contribution is 5.88. The number of ketones is 1. The van der Waals surface area contributed by atoms with Gasteiger partial charge < -0.3 is 10.1 Å². The van der Waals surface area contributed by atoms with Crippen molar-refractivity contribution in [1.29, 1.82) is 0 Å². The van der Waals surface area contributed by atoms with Gasteiger partial charge in [0.05, 0.1) is 6.04 Å². The van der Waals surface area contributed by atoms with Crippen molar-refractivity contribution in [3.8, 4) is 5.75 Å². The first-order chi connectivity index (χ1) is 9.95. The van der Waals surface area contributed by atoms with Gasteiger partial charge >= 0.3 is 0 Å². The number of allylic oxidation sites excluding steroid dienone is 1. The number of Topliss-reactive ketones (excluding diaryl/α,β-unsaturated/α-hetero) is 1. The average Bonchev–Trinajstić information content (AvgIpc) is 2.43. The van der Waals surface area contributed by atoms with E-state index < -0.39 is 6.04 Å². The first-order valence-electron chi connectivity index (χ1n) is 7.07. The third-order valence-corrected chi connectivity index (χ3v) is 3.12. The first kappa shape index (κ1) is 17.0. The summed E-state index contributed by atoms with van der Waals surface area (Å²) in [6.07, 6.45) is 2.46. The van der Waals surface area contributed by atoms with Crippen molar-refractivity contribution >= 4 is 11.7 Å². The van der Waals surface area contributed by atoms with Crippen LogP contribution in [0.4, 0.5) is 0 Å². The second-order valence-corrected chi connectivity index (χ2v) is 5.29. The van der Waals surface area contributed by atoms with Crippen LogP contribution in [0.5, 0.6) is 5.75 Å². The van der Waals surface area contributed by atoms with Crippen molar-refractivity contribution in [2.45, 2.75) is 33.2 Å². The van der Waals surface area contributed by atoms with Crippen LogP contribution >= 0.6 is 0 Å². The third kappa shape index (κ3) is 5.42. The van der Waals surface area contributed by atoms with E-state index in [1.54, 1.807) is 6.08 Å². The fourth-order valence-corrected chi connectivity index (χ4v) is 2.06. The number of nitrogens with one attached hydrogen (secondary N) is 1. The lowest BCUT2D eigenvalue weighted by Gasteiger charge is -2.19. The van der Waals surface area contributed by atoms with Gasteiger partial charge in [-0.1, -0.05) is 38.1 Å². The summed E-state index contributed by atoms with van der Waals surface area (Å²) >= 11 is 0. The maximum atomic E-state index is 11.9. The largest absolute Gasteiger partial charge is 0.483 e. The molecule has 0 aliphatic carbocycles. The highest BCUT2D eigenvalue weighted by atomic mass is 16.5. The predicted molar refractivity (Wildman–Crippen MR) is 83.3 cm³/mol. The van der Waals surface area contributed by atoms with Crippen molar-refractivity contribution in [1.82, 2.24) is 5.32 Å². The Balaban J connectivity index is 2.61. The van der Waals surface area contributed by atoms with Crippen LogP contribution < -0.4 is 10.1 Å². The number of ether oxygens (including phenoxy) is 1. The Morgan fingerprint density at radius 2 is 2.00 bits per heavy atom. The molecule has 4 heteroatoms. The van der Waals surface area contributed by atoms with Gasteiger partial charge in [-0.05, 0) is 30.9 Å². The van der Waals surface area contributed by atoms with Crippen molar-refractivity contribution in [3.63, 3.8) is 0 Å². The van der Waals surface area contributed by atoms with Crippen molar-refractivity contribution in [3.05, 3.63) is 42.5 Å². The molecular weight excluding hydrogens is 266 g/mol. The summed E-state index contributed by atoms with van der Waals surface area (Å²) in [6, 6.07) is 7.05. The Bertz CT molecular complexity index is 509. The monoisotopic (exact) mass is 289 g/mol. The van der Waals surface area contributed by atoms with Crippen LogP contribution in [0.1, 0.15) is 26.3 Å². The van der Waals surface area contributed by atoms with Crippen molar-refractivity contribution in [2.75, 3.05) is 6.61 Å². The van der Waals surface area contributed by atoms with Gasteiger partial charge in [0.1, 0.15) is 5.75 Å². The Morgan fingerprint density at radius 3 is 2.57 bits per heavy atom. The highest BCUT2D eigenvalue weighted by Gasteiger charge is 2.20. The fourth-order valence-electron chi connectivity index (χ4n) is 2.06. The van der Waals surface area contributed by atoms with Crippen molar-refractivity contribution in [2.24, 2.45) is 5.92 Å². The second-order valence-electron chi connectivity index (χ2n) is 5.29. The summed E-state index contributed by atoms with van der Waals surface area (Å²) in [7, 11) is 0. The standard InChI is InChI=1S/C17H23NO3/c1-5-8-14-9-6-7-10-15(14)21-11-16(20)18-17(12(2)3)13(4)19/h5-7,9-10,12,17H,1,8,11H2,2-4H3,(H,18,20). The molecule has 0 spiro atoms. The number of hydrogen-bond acceptors (Lipinski definition) is 3. The maximum Gasteiger partial charge on any atom is 0.258 e. The molecule has 0 aromatic heterocycles. The van der Waals surface area contributed by atoms with Crippen LogP contribution in [0.3, 0.4) is 0 Å². The molecule has 0 bridgehead atoms. The molecule has 0 heterocycles. The van der Waals surface area contributed by atoms with Crippen LogP contribution in [0, 0.1) is 5.92 Å². The quantitative estimate of drug-likeness (QED) is 0.748. The Hall–Kier alpha value is -2.10. The smallest absolute Gasteiger partial charge is 0.258 e. The summed E-state index contributed by atoms with van der Waals surface area (Å²) in [4.78, 5) is 23.4. The highest BCUT2D eigenvalue weighted by Crippen LogP contribution is 2.18.